The van der Waals surface area contributed by atoms with Crippen LogP contribution in [-0.2, 0) is 21.2 Å². The van der Waals surface area contributed by atoms with E-state index in [4.69, 9.17) is 11.6 Å². The number of carbonyl (C=O) groups is 1. The lowest BCUT2D eigenvalue weighted by Gasteiger charge is -2.19. The summed E-state index contributed by atoms with van der Waals surface area (Å²) in [6.07, 6.45) is -4.78. The molecule has 0 aromatic heterocycles. The van der Waals surface area contributed by atoms with Crippen molar-refractivity contribution in [2.24, 2.45) is 5.92 Å². The molecule has 1 heterocycles. The van der Waals surface area contributed by atoms with Gasteiger partial charge in [-0.05, 0) is 18.2 Å². The molecule has 1 atom stereocenters. The molecule has 1 fully saturated rings. The Morgan fingerprint density at radius 3 is 2.45 bits per heavy atom. The molecule has 1 aromatic carbocycles. The van der Waals surface area contributed by atoms with Gasteiger partial charge in [-0.2, -0.15) is 21.6 Å². The number of hydrogen-bond donors (Lipinski definition) is 0. The van der Waals surface area contributed by atoms with Crippen LogP contribution in [0.2, 0.25) is 5.02 Å². The van der Waals surface area contributed by atoms with Gasteiger partial charge in [0.2, 0.25) is 5.91 Å². The predicted octanol–water partition coefficient (Wildman–Crippen LogP) is 3.01. The Labute approximate surface area is 128 Å². The molecule has 0 spiro atoms. The topological polar surface area (TPSA) is 54.5 Å². The zero-order valence-corrected chi connectivity index (χ0v) is 12.5. The molecule has 1 unspecified atom stereocenters. The van der Waals surface area contributed by atoms with Gasteiger partial charge in [-0.3, -0.25) is 4.79 Å². The van der Waals surface area contributed by atoms with Crippen molar-refractivity contribution in [3.05, 3.63) is 28.8 Å². The van der Waals surface area contributed by atoms with Crippen LogP contribution < -0.4 is 4.90 Å². The summed E-state index contributed by atoms with van der Waals surface area (Å²) in [5.74, 6) is -2.09. The number of amides is 1. The Morgan fingerprint density at radius 2 is 1.95 bits per heavy atom. The molecule has 4 nitrogen and oxygen atoms in total. The third-order valence-electron chi connectivity index (χ3n) is 3.21. The fraction of sp³-hybridized carbons (Fsp3) is 0.417. The van der Waals surface area contributed by atoms with Crippen LogP contribution in [-0.4, -0.2) is 26.6 Å². The van der Waals surface area contributed by atoms with Crippen LogP contribution >= 0.6 is 11.6 Å². The smallest absolute Gasteiger partial charge is 0.311 e. The molecule has 1 aliphatic rings. The fourth-order valence-corrected chi connectivity index (χ4v) is 3.38. The van der Waals surface area contributed by atoms with Crippen molar-refractivity contribution in [1.82, 2.24) is 0 Å². The van der Waals surface area contributed by atoms with Crippen LogP contribution in [0, 0.1) is 5.92 Å². The number of alkyl halides is 3. The average molecular weight is 360 g/mol. The SMILES string of the molecule is O=C1CC(CS(=O)(=O)F)CN1c1ccc(C(F)(F)F)cc1Cl. The lowest BCUT2D eigenvalue weighted by atomic mass is 10.1. The molecule has 1 saturated heterocycles. The van der Waals surface area contributed by atoms with Crippen LogP contribution in [0.1, 0.15) is 12.0 Å². The number of nitrogens with zero attached hydrogens (tertiary/aromatic N) is 1. The molecule has 1 amide bonds. The number of anilines is 1. The van der Waals surface area contributed by atoms with E-state index >= 15 is 0 Å². The molecule has 0 radical (unpaired) electrons. The largest absolute Gasteiger partial charge is 0.416 e. The maximum absolute atomic E-state index is 12.7. The van der Waals surface area contributed by atoms with Gasteiger partial charge in [0.15, 0.2) is 0 Å². The normalized spacial score (nSPS) is 19.8. The Kier molecular flexibility index (Phi) is 4.40. The van der Waals surface area contributed by atoms with Gasteiger partial charge in [-0.15, -0.1) is 3.89 Å². The number of benzene rings is 1. The third-order valence-corrected chi connectivity index (χ3v) is 4.38. The van der Waals surface area contributed by atoms with Crippen molar-refractivity contribution in [3.63, 3.8) is 0 Å². The highest BCUT2D eigenvalue weighted by Crippen LogP contribution is 2.37. The molecule has 2 rings (SSSR count). The second-order valence-corrected chi connectivity index (χ2v) is 6.76. The van der Waals surface area contributed by atoms with Gasteiger partial charge >= 0.3 is 16.4 Å². The van der Waals surface area contributed by atoms with E-state index in [-0.39, 0.29) is 23.7 Å². The Morgan fingerprint density at radius 1 is 1.32 bits per heavy atom. The minimum Gasteiger partial charge on any atom is -0.311 e. The number of hydrogen-bond acceptors (Lipinski definition) is 3. The summed E-state index contributed by atoms with van der Waals surface area (Å²) in [7, 11) is -4.73. The van der Waals surface area contributed by atoms with Crippen molar-refractivity contribution in [2.75, 3.05) is 17.2 Å². The minimum absolute atomic E-state index is 0.0402. The van der Waals surface area contributed by atoms with Crippen molar-refractivity contribution in [1.29, 1.82) is 0 Å². The maximum Gasteiger partial charge on any atom is 0.416 e. The summed E-state index contributed by atoms with van der Waals surface area (Å²) in [6.45, 7) is -0.118. The molecule has 0 aliphatic carbocycles. The molecule has 122 valence electrons. The highest BCUT2D eigenvalue weighted by molar-refractivity contribution is 7.86. The number of carbonyl (C=O) groups excluding carboxylic acids is 1. The summed E-state index contributed by atoms with van der Waals surface area (Å²) < 4.78 is 71.5. The molecule has 1 aromatic rings. The Balaban J connectivity index is 2.24. The van der Waals surface area contributed by atoms with Crippen LogP contribution in [0.25, 0.3) is 0 Å². The summed E-state index contributed by atoms with van der Waals surface area (Å²) in [6, 6.07) is 2.49. The van der Waals surface area contributed by atoms with Crippen molar-refractivity contribution >= 4 is 33.4 Å². The number of rotatable bonds is 3. The van der Waals surface area contributed by atoms with Crippen molar-refractivity contribution in [2.45, 2.75) is 12.6 Å². The van der Waals surface area contributed by atoms with Gasteiger partial charge in [0.05, 0.1) is 22.0 Å². The van der Waals surface area contributed by atoms with E-state index in [1.54, 1.807) is 0 Å². The lowest BCUT2D eigenvalue weighted by Crippen LogP contribution is -2.25. The van der Waals surface area contributed by atoms with Crippen LogP contribution in [0.3, 0.4) is 0 Å². The van der Waals surface area contributed by atoms with E-state index in [1.807, 2.05) is 0 Å². The lowest BCUT2D eigenvalue weighted by molar-refractivity contribution is -0.137. The highest BCUT2D eigenvalue weighted by atomic mass is 35.5. The zero-order valence-electron chi connectivity index (χ0n) is 10.9. The van der Waals surface area contributed by atoms with Gasteiger partial charge in [0, 0.05) is 18.9 Å². The molecule has 0 bridgehead atoms. The molecular formula is C12H10ClF4NO3S. The molecular weight excluding hydrogens is 350 g/mol. The highest BCUT2D eigenvalue weighted by Gasteiger charge is 2.36. The van der Waals surface area contributed by atoms with E-state index in [0.717, 1.165) is 17.0 Å². The molecule has 22 heavy (non-hydrogen) atoms. The Hall–Kier alpha value is -1.35. The van der Waals surface area contributed by atoms with E-state index < -0.39 is 39.5 Å². The quantitative estimate of drug-likeness (QED) is 0.616. The van der Waals surface area contributed by atoms with Gasteiger partial charge in [0.25, 0.3) is 0 Å². The van der Waals surface area contributed by atoms with Crippen LogP contribution in [0.4, 0.5) is 22.7 Å². The summed E-state index contributed by atoms with van der Waals surface area (Å²) in [4.78, 5) is 12.9. The molecule has 10 heteroatoms. The predicted molar refractivity (Wildman–Crippen MR) is 71.8 cm³/mol. The minimum atomic E-state index is -4.73. The van der Waals surface area contributed by atoms with E-state index in [0.29, 0.717) is 6.07 Å². The molecule has 0 N–H and O–H groups in total. The summed E-state index contributed by atoms with van der Waals surface area (Å²) >= 11 is 5.78. The van der Waals surface area contributed by atoms with Crippen molar-refractivity contribution in [3.8, 4) is 0 Å². The second-order valence-electron chi connectivity index (χ2n) is 4.94. The van der Waals surface area contributed by atoms with Crippen LogP contribution in [0.5, 0.6) is 0 Å². The van der Waals surface area contributed by atoms with E-state index in [9.17, 15) is 30.3 Å². The maximum atomic E-state index is 12.7. The van der Waals surface area contributed by atoms with Crippen LogP contribution in [0.15, 0.2) is 18.2 Å². The van der Waals surface area contributed by atoms with E-state index in [2.05, 4.69) is 0 Å². The molecule has 1 aliphatic heterocycles. The fourth-order valence-electron chi connectivity index (χ4n) is 2.31. The Bertz CT molecular complexity index is 705. The monoisotopic (exact) mass is 359 g/mol. The molecule has 0 saturated carbocycles. The summed E-state index contributed by atoms with van der Waals surface area (Å²) in [5, 5.41) is -0.285. The van der Waals surface area contributed by atoms with Gasteiger partial charge in [-0.25, -0.2) is 0 Å². The first-order valence-electron chi connectivity index (χ1n) is 6.07. The van der Waals surface area contributed by atoms with E-state index in [1.165, 1.54) is 0 Å². The number of halogens is 5. The van der Waals surface area contributed by atoms with Gasteiger partial charge in [-0.1, -0.05) is 11.6 Å². The standard InChI is InChI=1S/C12H10ClF4NO3S/c13-9-4-8(12(14,15)16)1-2-10(9)18-5-7(3-11(18)19)6-22(17,20)21/h1-2,4,7H,3,5-6H2. The van der Waals surface area contributed by atoms with Gasteiger partial charge < -0.3 is 4.90 Å². The first kappa shape index (κ1) is 17.0. The average Bonchev–Trinajstić information content (AvgIpc) is 2.66. The first-order valence-corrected chi connectivity index (χ1v) is 8.00. The van der Waals surface area contributed by atoms with Crippen molar-refractivity contribution < 1.29 is 30.3 Å². The third kappa shape index (κ3) is 3.89. The zero-order chi connectivity index (χ0) is 16.7. The first-order chi connectivity index (χ1) is 9.97. The van der Waals surface area contributed by atoms with Gasteiger partial charge in [0.1, 0.15) is 0 Å². The summed E-state index contributed by atoms with van der Waals surface area (Å²) in [5.41, 5.74) is -0.922. The second kappa shape index (κ2) is 5.69.